The number of nitrogens with zero attached hydrogens (tertiary/aromatic N) is 2. The highest BCUT2D eigenvalue weighted by Gasteiger charge is 2.33. The smallest absolute Gasteiger partial charge is 0.338 e. The van der Waals surface area contributed by atoms with Crippen molar-refractivity contribution in [3.05, 3.63) is 138 Å². The summed E-state index contributed by atoms with van der Waals surface area (Å²) in [4.78, 5) is 32.1. The minimum Gasteiger partial charge on any atom is -0.490 e. The standard InChI is InChI=1S/C33H29ClN2O5S/c1-4-18-40-25-16-12-23(13-17-25)30-29(32(38)39-5-2)21(3)35-33-36(30)31(37)28(42-33)19-22-10-14-26(15-11-22)41-20-24-8-6-7-9-27(24)34/h4,6-17,19,30H,1,5,18,20H2,2-3H3/b28-19-/t30-/m0/s1. The lowest BCUT2D eigenvalue weighted by Gasteiger charge is -2.24. The Labute approximate surface area is 252 Å². The van der Waals surface area contributed by atoms with Crippen molar-refractivity contribution in [2.45, 2.75) is 26.5 Å². The zero-order valence-corrected chi connectivity index (χ0v) is 24.8. The molecule has 214 valence electrons. The molecule has 1 aromatic heterocycles. The number of aromatic nitrogens is 1. The Bertz CT molecular complexity index is 1820. The molecule has 0 fully saturated rings. The monoisotopic (exact) mass is 600 g/mol. The van der Waals surface area contributed by atoms with Crippen LogP contribution in [0.25, 0.3) is 6.08 Å². The van der Waals surface area contributed by atoms with Gasteiger partial charge in [0.25, 0.3) is 5.56 Å². The number of rotatable bonds is 10. The molecule has 1 aliphatic rings. The predicted octanol–water partition coefficient (Wildman–Crippen LogP) is 5.60. The summed E-state index contributed by atoms with van der Waals surface area (Å²) in [6, 6.07) is 21.6. The minimum atomic E-state index is -0.698. The predicted molar refractivity (Wildman–Crippen MR) is 165 cm³/mol. The molecular formula is C33H29ClN2O5S. The molecule has 3 aromatic carbocycles. The second kappa shape index (κ2) is 13.1. The van der Waals surface area contributed by atoms with Gasteiger partial charge in [-0.25, -0.2) is 9.79 Å². The highest BCUT2D eigenvalue weighted by atomic mass is 35.5. The quantitative estimate of drug-likeness (QED) is 0.175. The van der Waals surface area contributed by atoms with Gasteiger partial charge in [0.05, 0.1) is 28.5 Å². The number of hydrogen-bond acceptors (Lipinski definition) is 7. The largest absolute Gasteiger partial charge is 0.490 e. The Morgan fingerprint density at radius 2 is 1.74 bits per heavy atom. The van der Waals surface area contributed by atoms with Crippen LogP contribution in [0.15, 0.2) is 107 Å². The normalized spacial score (nSPS) is 14.6. The molecule has 1 aliphatic heterocycles. The maximum Gasteiger partial charge on any atom is 0.338 e. The number of esters is 1. The number of thiazole rings is 1. The van der Waals surface area contributed by atoms with Crippen molar-refractivity contribution >= 4 is 35.0 Å². The third-order valence-corrected chi connectivity index (χ3v) is 7.96. The number of carbonyl (C=O) groups excluding carboxylic acids is 1. The lowest BCUT2D eigenvalue weighted by atomic mass is 9.96. The summed E-state index contributed by atoms with van der Waals surface area (Å²) >= 11 is 7.50. The summed E-state index contributed by atoms with van der Waals surface area (Å²) in [7, 11) is 0. The Hall–Kier alpha value is -4.40. The van der Waals surface area contributed by atoms with E-state index in [9.17, 15) is 9.59 Å². The van der Waals surface area contributed by atoms with Crippen LogP contribution in [0.4, 0.5) is 0 Å². The first-order valence-corrected chi connectivity index (χ1v) is 14.6. The van der Waals surface area contributed by atoms with Gasteiger partial charge in [0.15, 0.2) is 4.80 Å². The molecule has 9 heteroatoms. The number of benzene rings is 3. The maximum atomic E-state index is 13.8. The van der Waals surface area contributed by atoms with Gasteiger partial charge >= 0.3 is 5.97 Å². The van der Waals surface area contributed by atoms with Crippen LogP contribution in [-0.4, -0.2) is 23.8 Å². The zero-order chi connectivity index (χ0) is 29.6. The SMILES string of the molecule is C=CCOc1ccc([C@H]2C(C(=O)OCC)=C(C)N=c3s/c(=C\c4ccc(OCc5ccccc5Cl)cc4)c(=O)n32)cc1. The summed E-state index contributed by atoms with van der Waals surface area (Å²) in [5.74, 6) is 0.838. The molecular weight excluding hydrogens is 572 g/mol. The fraction of sp³-hybridized carbons (Fsp3) is 0.182. The number of ether oxygens (including phenoxy) is 3. The van der Waals surface area contributed by atoms with Crippen LogP contribution in [-0.2, 0) is 16.1 Å². The van der Waals surface area contributed by atoms with E-state index >= 15 is 0 Å². The Balaban J connectivity index is 1.49. The van der Waals surface area contributed by atoms with Gasteiger partial charge in [0.2, 0.25) is 0 Å². The first-order valence-electron chi connectivity index (χ1n) is 13.4. The Morgan fingerprint density at radius 3 is 2.43 bits per heavy atom. The second-order valence-corrected chi connectivity index (χ2v) is 10.8. The van der Waals surface area contributed by atoms with E-state index in [0.29, 0.717) is 50.3 Å². The molecule has 7 nitrogen and oxygen atoms in total. The van der Waals surface area contributed by atoms with Crippen molar-refractivity contribution < 1.29 is 19.0 Å². The molecule has 0 amide bonds. The minimum absolute atomic E-state index is 0.208. The van der Waals surface area contributed by atoms with E-state index in [0.717, 1.165) is 16.7 Å². The summed E-state index contributed by atoms with van der Waals surface area (Å²) in [5, 5.41) is 0.654. The van der Waals surface area contributed by atoms with Crippen LogP contribution in [0.1, 0.15) is 36.6 Å². The molecule has 1 atom stereocenters. The number of hydrogen-bond donors (Lipinski definition) is 0. The molecule has 0 radical (unpaired) electrons. The fourth-order valence-corrected chi connectivity index (χ4v) is 5.83. The van der Waals surface area contributed by atoms with Gasteiger partial charge in [-0.2, -0.15) is 0 Å². The topological polar surface area (TPSA) is 79.1 Å². The number of allylic oxidation sites excluding steroid dienone is 1. The van der Waals surface area contributed by atoms with Crippen LogP contribution >= 0.6 is 22.9 Å². The van der Waals surface area contributed by atoms with Gasteiger partial charge in [0.1, 0.15) is 24.7 Å². The van der Waals surface area contributed by atoms with Crippen LogP contribution < -0.4 is 24.4 Å². The highest BCUT2D eigenvalue weighted by molar-refractivity contribution is 7.07. The lowest BCUT2D eigenvalue weighted by molar-refractivity contribution is -0.139. The van der Waals surface area contributed by atoms with Crippen molar-refractivity contribution in [2.75, 3.05) is 13.2 Å². The van der Waals surface area contributed by atoms with Crippen LogP contribution in [0.5, 0.6) is 11.5 Å². The van der Waals surface area contributed by atoms with Crippen molar-refractivity contribution in [3.8, 4) is 11.5 Å². The maximum absolute atomic E-state index is 13.8. The van der Waals surface area contributed by atoms with Gasteiger partial charge in [-0.05, 0) is 61.4 Å². The van der Waals surface area contributed by atoms with E-state index < -0.39 is 12.0 Å². The van der Waals surface area contributed by atoms with Crippen molar-refractivity contribution in [1.82, 2.24) is 4.57 Å². The van der Waals surface area contributed by atoms with Crippen LogP contribution in [0.2, 0.25) is 5.02 Å². The summed E-state index contributed by atoms with van der Waals surface area (Å²) < 4.78 is 18.9. The molecule has 0 N–H and O–H groups in total. The molecule has 42 heavy (non-hydrogen) atoms. The van der Waals surface area contributed by atoms with Gasteiger partial charge in [-0.3, -0.25) is 9.36 Å². The van der Waals surface area contributed by atoms with Crippen molar-refractivity contribution in [2.24, 2.45) is 4.99 Å². The summed E-state index contributed by atoms with van der Waals surface area (Å²) in [6.45, 7) is 8.11. The van der Waals surface area contributed by atoms with E-state index in [1.807, 2.05) is 78.9 Å². The average molecular weight is 601 g/mol. The molecule has 2 heterocycles. The first-order chi connectivity index (χ1) is 20.4. The van der Waals surface area contributed by atoms with Crippen molar-refractivity contribution in [3.63, 3.8) is 0 Å². The second-order valence-electron chi connectivity index (χ2n) is 9.42. The number of halogens is 1. The average Bonchev–Trinajstić information content (AvgIpc) is 3.29. The molecule has 0 aliphatic carbocycles. The van der Waals surface area contributed by atoms with Gasteiger partial charge in [-0.1, -0.05) is 78.1 Å². The molecule has 0 saturated heterocycles. The van der Waals surface area contributed by atoms with Gasteiger partial charge in [0, 0.05) is 10.6 Å². The number of fused-ring (bicyclic) bond motifs is 1. The van der Waals surface area contributed by atoms with E-state index in [2.05, 4.69) is 11.6 Å². The highest BCUT2D eigenvalue weighted by Crippen LogP contribution is 2.31. The molecule has 4 aromatic rings. The fourth-order valence-electron chi connectivity index (χ4n) is 4.60. The Kier molecular flexibility index (Phi) is 9.05. The van der Waals surface area contributed by atoms with Crippen molar-refractivity contribution in [1.29, 1.82) is 0 Å². The van der Waals surface area contributed by atoms with E-state index in [4.69, 9.17) is 25.8 Å². The molecule has 0 spiro atoms. The van der Waals surface area contributed by atoms with E-state index in [1.54, 1.807) is 24.5 Å². The van der Waals surface area contributed by atoms with Crippen LogP contribution in [0.3, 0.4) is 0 Å². The van der Waals surface area contributed by atoms with Gasteiger partial charge < -0.3 is 14.2 Å². The number of carbonyl (C=O) groups is 1. The zero-order valence-electron chi connectivity index (χ0n) is 23.2. The third-order valence-electron chi connectivity index (χ3n) is 6.61. The van der Waals surface area contributed by atoms with E-state index in [1.165, 1.54) is 11.3 Å². The Morgan fingerprint density at radius 1 is 1.05 bits per heavy atom. The molecule has 0 bridgehead atoms. The molecule has 0 unspecified atom stereocenters. The van der Waals surface area contributed by atoms with Gasteiger partial charge in [-0.15, -0.1) is 0 Å². The summed E-state index contributed by atoms with van der Waals surface area (Å²) in [6.07, 6.45) is 3.48. The molecule has 5 rings (SSSR count). The first kappa shape index (κ1) is 29.1. The summed E-state index contributed by atoms with van der Waals surface area (Å²) in [5.41, 5.74) is 3.06. The molecule has 0 saturated carbocycles. The van der Waals surface area contributed by atoms with Crippen LogP contribution in [0, 0.1) is 0 Å². The van der Waals surface area contributed by atoms with E-state index in [-0.39, 0.29) is 12.2 Å². The lowest BCUT2D eigenvalue weighted by Crippen LogP contribution is -2.39. The third kappa shape index (κ3) is 6.25.